The van der Waals surface area contributed by atoms with Gasteiger partial charge in [-0.2, -0.15) is 0 Å². The molecule has 1 aliphatic rings. The molecule has 1 fully saturated rings. The minimum Gasteiger partial charge on any atom is -0.398 e. The SMILES string of the molecule is CC(Cn1nnnc1-c1cc(F)c(F)cc1N)C1CC1. The van der Waals surface area contributed by atoms with Crippen LogP contribution in [0.25, 0.3) is 11.4 Å². The first-order chi connectivity index (χ1) is 9.56. The summed E-state index contributed by atoms with van der Waals surface area (Å²) in [7, 11) is 0. The summed E-state index contributed by atoms with van der Waals surface area (Å²) in [6.45, 7) is 2.78. The van der Waals surface area contributed by atoms with Crippen LogP contribution in [-0.4, -0.2) is 20.2 Å². The molecule has 1 atom stereocenters. The third-order valence-electron chi connectivity index (χ3n) is 3.75. The largest absolute Gasteiger partial charge is 0.398 e. The maximum atomic E-state index is 13.4. The van der Waals surface area contributed by atoms with Crippen molar-refractivity contribution in [1.29, 1.82) is 0 Å². The molecule has 0 aliphatic heterocycles. The predicted molar refractivity (Wildman–Crippen MR) is 69.5 cm³/mol. The van der Waals surface area contributed by atoms with Gasteiger partial charge in [0.2, 0.25) is 0 Å². The Labute approximate surface area is 114 Å². The Kier molecular flexibility index (Phi) is 3.11. The number of nitrogens with zero attached hydrogens (tertiary/aromatic N) is 4. The number of nitrogens with two attached hydrogens (primary N) is 1. The van der Waals surface area contributed by atoms with Crippen molar-refractivity contribution < 1.29 is 8.78 Å². The predicted octanol–water partition coefficient (Wildman–Crippen LogP) is 2.25. The van der Waals surface area contributed by atoms with Crippen LogP contribution in [0.15, 0.2) is 12.1 Å². The molecule has 1 heterocycles. The fraction of sp³-hybridized carbons (Fsp3) is 0.462. The molecule has 7 heteroatoms. The summed E-state index contributed by atoms with van der Waals surface area (Å²) in [5.41, 5.74) is 6.18. The lowest BCUT2D eigenvalue weighted by Crippen LogP contribution is -2.12. The third-order valence-corrected chi connectivity index (χ3v) is 3.75. The van der Waals surface area contributed by atoms with Gasteiger partial charge in [0.15, 0.2) is 17.5 Å². The third kappa shape index (κ3) is 2.35. The second kappa shape index (κ2) is 4.81. The van der Waals surface area contributed by atoms with Crippen molar-refractivity contribution in [2.45, 2.75) is 26.3 Å². The van der Waals surface area contributed by atoms with Gasteiger partial charge < -0.3 is 5.73 Å². The zero-order chi connectivity index (χ0) is 14.3. The van der Waals surface area contributed by atoms with E-state index in [4.69, 9.17) is 5.73 Å². The minimum absolute atomic E-state index is 0.124. The highest BCUT2D eigenvalue weighted by molar-refractivity contribution is 5.71. The lowest BCUT2D eigenvalue weighted by molar-refractivity contribution is 0.402. The van der Waals surface area contributed by atoms with Crippen molar-refractivity contribution in [2.24, 2.45) is 11.8 Å². The van der Waals surface area contributed by atoms with Gasteiger partial charge in [-0.15, -0.1) is 5.10 Å². The van der Waals surface area contributed by atoms with Crippen molar-refractivity contribution in [1.82, 2.24) is 20.2 Å². The number of benzene rings is 1. The molecule has 0 spiro atoms. The van der Waals surface area contributed by atoms with Crippen LogP contribution in [0.3, 0.4) is 0 Å². The number of nitrogen functional groups attached to an aromatic ring is 1. The van der Waals surface area contributed by atoms with E-state index in [0.29, 0.717) is 29.8 Å². The van der Waals surface area contributed by atoms with Gasteiger partial charge in [0.25, 0.3) is 0 Å². The highest BCUT2D eigenvalue weighted by atomic mass is 19.2. The lowest BCUT2D eigenvalue weighted by atomic mass is 10.1. The van der Waals surface area contributed by atoms with E-state index in [-0.39, 0.29) is 5.69 Å². The average Bonchev–Trinajstić information content (AvgIpc) is 3.16. The minimum atomic E-state index is -0.975. The van der Waals surface area contributed by atoms with Gasteiger partial charge >= 0.3 is 0 Å². The van der Waals surface area contributed by atoms with Gasteiger partial charge in [0.05, 0.1) is 0 Å². The number of hydrogen-bond donors (Lipinski definition) is 1. The quantitative estimate of drug-likeness (QED) is 0.871. The Hall–Kier alpha value is -2.05. The van der Waals surface area contributed by atoms with Crippen LogP contribution < -0.4 is 5.73 Å². The van der Waals surface area contributed by atoms with Gasteiger partial charge in [0, 0.05) is 23.9 Å². The van der Waals surface area contributed by atoms with Crippen molar-refractivity contribution in [3.8, 4) is 11.4 Å². The summed E-state index contributed by atoms with van der Waals surface area (Å²) in [4.78, 5) is 0. The number of halogens is 2. The molecule has 0 amide bonds. The van der Waals surface area contributed by atoms with E-state index in [0.717, 1.165) is 12.1 Å². The number of tetrazole rings is 1. The molecule has 0 radical (unpaired) electrons. The van der Waals surface area contributed by atoms with Crippen molar-refractivity contribution in [3.63, 3.8) is 0 Å². The van der Waals surface area contributed by atoms with Gasteiger partial charge in [-0.1, -0.05) is 6.92 Å². The summed E-state index contributed by atoms with van der Waals surface area (Å²) in [5.74, 6) is -0.414. The normalized spacial score (nSPS) is 16.4. The van der Waals surface area contributed by atoms with Crippen LogP contribution in [0.5, 0.6) is 0 Å². The highest BCUT2D eigenvalue weighted by Gasteiger charge is 2.29. The summed E-state index contributed by atoms with van der Waals surface area (Å²) in [6.07, 6.45) is 2.46. The molecule has 0 bridgehead atoms. The van der Waals surface area contributed by atoms with Crippen LogP contribution in [0, 0.1) is 23.5 Å². The number of hydrogen-bond acceptors (Lipinski definition) is 4. The van der Waals surface area contributed by atoms with E-state index < -0.39 is 11.6 Å². The maximum absolute atomic E-state index is 13.4. The highest BCUT2D eigenvalue weighted by Crippen LogP contribution is 2.37. The Morgan fingerprint density at radius 2 is 2.05 bits per heavy atom. The molecule has 1 aromatic heterocycles. The van der Waals surface area contributed by atoms with E-state index in [1.165, 1.54) is 12.8 Å². The topological polar surface area (TPSA) is 69.6 Å². The molecule has 5 nitrogen and oxygen atoms in total. The van der Waals surface area contributed by atoms with Crippen LogP contribution >= 0.6 is 0 Å². The van der Waals surface area contributed by atoms with Gasteiger partial charge in [0.1, 0.15) is 0 Å². The molecule has 2 N–H and O–H groups in total. The summed E-state index contributed by atoms with van der Waals surface area (Å²) < 4.78 is 28.1. The first-order valence-corrected chi connectivity index (χ1v) is 6.57. The van der Waals surface area contributed by atoms with Crippen LogP contribution in [0.2, 0.25) is 0 Å². The summed E-state index contributed by atoms with van der Waals surface area (Å²) in [5, 5.41) is 11.4. The molecule has 0 saturated heterocycles. The zero-order valence-corrected chi connectivity index (χ0v) is 11.1. The van der Waals surface area contributed by atoms with Crippen molar-refractivity contribution in [3.05, 3.63) is 23.8 Å². The number of anilines is 1. The van der Waals surface area contributed by atoms with Crippen LogP contribution in [0.1, 0.15) is 19.8 Å². The molecular weight excluding hydrogens is 264 g/mol. The van der Waals surface area contributed by atoms with Gasteiger partial charge in [-0.3, -0.25) is 0 Å². The molecule has 1 aromatic carbocycles. The first-order valence-electron chi connectivity index (χ1n) is 6.57. The van der Waals surface area contributed by atoms with Crippen LogP contribution in [0.4, 0.5) is 14.5 Å². The first kappa shape index (κ1) is 13.0. The molecule has 106 valence electrons. The average molecular weight is 279 g/mol. The molecule has 1 unspecified atom stereocenters. The second-order valence-corrected chi connectivity index (χ2v) is 5.35. The Morgan fingerprint density at radius 1 is 1.35 bits per heavy atom. The fourth-order valence-electron chi connectivity index (χ4n) is 2.36. The van der Waals surface area contributed by atoms with E-state index in [1.807, 2.05) is 0 Å². The van der Waals surface area contributed by atoms with Gasteiger partial charge in [-0.05, 0) is 41.2 Å². The van der Waals surface area contributed by atoms with Crippen LogP contribution in [-0.2, 0) is 6.54 Å². The Morgan fingerprint density at radius 3 is 2.75 bits per heavy atom. The molecule has 3 rings (SSSR count). The fourth-order valence-corrected chi connectivity index (χ4v) is 2.36. The Balaban J connectivity index is 1.94. The van der Waals surface area contributed by atoms with Crippen molar-refractivity contribution in [2.75, 3.05) is 5.73 Å². The van der Waals surface area contributed by atoms with E-state index in [9.17, 15) is 8.78 Å². The summed E-state index contributed by atoms with van der Waals surface area (Å²) in [6, 6.07) is 1.99. The smallest absolute Gasteiger partial charge is 0.184 e. The van der Waals surface area contributed by atoms with E-state index in [1.54, 1.807) is 4.68 Å². The van der Waals surface area contributed by atoms with Gasteiger partial charge in [-0.25, -0.2) is 13.5 Å². The lowest BCUT2D eigenvalue weighted by Gasteiger charge is -2.12. The Bertz CT molecular complexity index is 636. The number of rotatable bonds is 4. The summed E-state index contributed by atoms with van der Waals surface area (Å²) >= 11 is 0. The second-order valence-electron chi connectivity index (χ2n) is 5.35. The monoisotopic (exact) mass is 279 g/mol. The molecule has 1 saturated carbocycles. The zero-order valence-electron chi connectivity index (χ0n) is 11.1. The molecule has 1 aliphatic carbocycles. The number of aromatic nitrogens is 4. The van der Waals surface area contributed by atoms with Crippen molar-refractivity contribution >= 4 is 5.69 Å². The molecule has 2 aromatic rings. The molecule has 20 heavy (non-hydrogen) atoms. The molecular formula is C13H15F2N5. The van der Waals surface area contributed by atoms with E-state index >= 15 is 0 Å². The standard InChI is InChI=1S/C13H15F2N5/c1-7(8-2-3-8)6-20-13(17-18-19-20)9-4-10(14)11(15)5-12(9)16/h4-5,7-8H,2-3,6,16H2,1H3. The van der Waals surface area contributed by atoms with E-state index in [2.05, 4.69) is 22.4 Å². The maximum Gasteiger partial charge on any atom is 0.184 e.